The van der Waals surface area contributed by atoms with E-state index in [1.807, 2.05) is 23.7 Å². The van der Waals surface area contributed by atoms with E-state index >= 15 is 0 Å². The molecule has 2 saturated heterocycles. The summed E-state index contributed by atoms with van der Waals surface area (Å²) in [5.74, 6) is 2.38. The first-order chi connectivity index (χ1) is 7.29. The molecule has 0 aromatic heterocycles. The van der Waals surface area contributed by atoms with Crippen molar-refractivity contribution in [2.75, 3.05) is 38.2 Å². The molecule has 2 heterocycles. The van der Waals surface area contributed by atoms with Crippen molar-refractivity contribution in [1.29, 1.82) is 0 Å². The predicted molar refractivity (Wildman–Crippen MR) is 68.4 cm³/mol. The second-order valence-corrected chi connectivity index (χ2v) is 5.18. The first-order valence-corrected chi connectivity index (χ1v) is 6.61. The fraction of sp³-hybridized carbons (Fsp3) is 0.900. The summed E-state index contributed by atoms with van der Waals surface area (Å²) < 4.78 is 5.46. The van der Waals surface area contributed by atoms with Gasteiger partial charge in [0.2, 0.25) is 0 Å². The number of rotatable bonds is 2. The zero-order valence-electron chi connectivity index (χ0n) is 9.48. The molecule has 6 heteroatoms. The number of nitrogens with zero attached hydrogens (tertiary/aromatic N) is 1. The normalized spacial score (nSPS) is 29.6. The van der Waals surface area contributed by atoms with Crippen LogP contribution in [0, 0.1) is 0 Å². The summed E-state index contributed by atoms with van der Waals surface area (Å²) in [6, 6.07) is 0.410. The maximum Gasteiger partial charge on any atom is 0.253 e. The number of carbonyl (C=O) groups excluding carboxylic acids is 1. The number of likely N-dealkylation sites (N-methyl/N-ethyl adjacent to an activating group) is 1. The van der Waals surface area contributed by atoms with Crippen molar-refractivity contribution < 1.29 is 9.53 Å². The quantitative estimate of drug-likeness (QED) is 0.784. The van der Waals surface area contributed by atoms with Gasteiger partial charge in [-0.05, 0) is 12.2 Å². The van der Waals surface area contributed by atoms with Crippen molar-refractivity contribution in [3.63, 3.8) is 0 Å². The summed E-state index contributed by atoms with van der Waals surface area (Å²) in [6.45, 7) is 2.15. The average Bonchev–Trinajstić information content (AvgIpc) is 2.82. The second-order valence-electron chi connectivity index (χ2n) is 4.03. The Morgan fingerprint density at radius 2 is 2.38 bits per heavy atom. The SMILES string of the molecule is CN(C(=O)C1CNCCO1)C1CCSC1.Cl. The Bertz CT molecular complexity index is 231. The molecule has 0 radical (unpaired) electrons. The minimum Gasteiger partial charge on any atom is -0.366 e. The van der Waals surface area contributed by atoms with Crippen molar-refractivity contribution in [3.8, 4) is 0 Å². The molecule has 0 aromatic carbocycles. The molecule has 2 atom stereocenters. The van der Waals surface area contributed by atoms with Crippen LogP contribution in [0.5, 0.6) is 0 Å². The van der Waals surface area contributed by atoms with Gasteiger partial charge in [0.25, 0.3) is 5.91 Å². The van der Waals surface area contributed by atoms with E-state index in [4.69, 9.17) is 4.74 Å². The molecule has 4 nitrogen and oxygen atoms in total. The monoisotopic (exact) mass is 266 g/mol. The van der Waals surface area contributed by atoms with Crippen LogP contribution >= 0.6 is 24.2 Å². The summed E-state index contributed by atoms with van der Waals surface area (Å²) in [5.41, 5.74) is 0. The highest BCUT2D eigenvalue weighted by Gasteiger charge is 2.30. The van der Waals surface area contributed by atoms with E-state index in [0.29, 0.717) is 19.2 Å². The molecule has 0 aliphatic carbocycles. The molecule has 2 unspecified atom stereocenters. The largest absolute Gasteiger partial charge is 0.366 e. The summed E-state index contributed by atoms with van der Waals surface area (Å²) in [4.78, 5) is 13.9. The zero-order chi connectivity index (χ0) is 10.7. The van der Waals surface area contributed by atoms with Gasteiger partial charge in [0.1, 0.15) is 6.10 Å². The van der Waals surface area contributed by atoms with Crippen LogP contribution in [0.15, 0.2) is 0 Å². The lowest BCUT2D eigenvalue weighted by Crippen LogP contribution is -2.51. The van der Waals surface area contributed by atoms with Crippen LogP contribution in [-0.4, -0.2) is 61.2 Å². The fourth-order valence-corrected chi connectivity index (χ4v) is 3.23. The van der Waals surface area contributed by atoms with Gasteiger partial charge in [0.15, 0.2) is 0 Å². The number of hydrogen-bond acceptors (Lipinski definition) is 4. The Labute approximate surface area is 107 Å². The number of morpholine rings is 1. The van der Waals surface area contributed by atoms with E-state index in [2.05, 4.69) is 5.32 Å². The van der Waals surface area contributed by atoms with Crippen molar-refractivity contribution in [2.24, 2.45) is 0 Å². The van der Waals surface area contributed by atoms with Crippen LogP contribution in [0.3, 0.4) is 0 Å². The van der Waals surface area contributed by atoms with E-state index in [9.17, 15) is 4.79 Å². The predicted octanol–water partition coefficient (Wildman–Crippen LogP) is 0.361. The third-order valence-electron chi connectivity index (χ3n) is 3.00. The van der Waals surface area contributed by atoms with E-state index in [0.717, 1.165) is 18.7 Å². The van der Waals surface area contributed by atoms with Gasteiger partial charge < -0.3 is 15.0 Å². The minimum absolute atomic E-state index is 0. The van der Waals surface area contributed by atoms with Crippen LogP contribution in [0.2, 0.25) is 0 Å². The highest BCUT2D eigenvalue weighted by Crippen LogP contribution is 2.22. The first kappa shape index (κ1) is 14.1. The van der Waals surface area contributed by atoms with Gasteiger partial charge >= 0.3 is 0 Å². The molecule has 0 spiro atoms. The maximum atomic E-state index is 12.0. The van der Waals surface area contributed by atoms with Crippen molar-refractivity contribution in [1.82, 2.24) is 10.2 Å². The highest BCUT2D eigenvalue weighted by atomic mass is 35.5. The molecule has 2 aliphatic rings. The average molecular weight is 267 g/mol. The van der Waals surface area contributed by atoms with E-state index in [1.54, 1.807) is 0 Å². The summed E-state index contributed by atoms with van der Waals surface area (Å²) >= 11 is 1.92. The van der Waals surface area contributed by atoms with Crippen molar-refractivity contribution in [3.05, 3.63) is 0 Å². The van der Waals surface area contributed by atoms with Crippen molar-refractivity contribution in [2.45, 2.75) is 18.6 Å². The summed E-state index contributed by atoms with van der Waals surface area (Å²) in [5, 5.41) is 3.18. The molecule has 2 fully saturated rings. The van der Waals surface area contributed by atoms with Crippen LogP contribution in [0.25, 0.3) is 0 Å². The Kier molecular flexibility index (Phi) is 5.89. The third-order valence-corrected chi connectivity index (χ3v) is 4.15. The van der Waals surface area contributed by atoms with Gasteiger partial charge in [0, 0.05) is 31.9 Å². The molecule has 1 amide bonds. The van der Waals surface area contributed by atoms with Gasteiger partial charge in [-0.1, -0.05) is 0 Å². The van der Waals surface area contributed by atoms with E-state index < -0.39 is 0 Å². The van der Waals surface area contributed by atoms with Gasteiger partial charge in [-0.15, -0.1) is 12.4 Å². The topological polar surface area (TPSA) is 41.6 Å². The van der Waals surface area contributed by atoms with Gasteiger partial charge in [-0.2, -0.15) is 11.8 Å². The summed E-state index contributed by atoms with van der Waals surface area (Å²) in [7, 11) is 1.90. The lowest BCUT2D eigenvalue weighted by atomic mass is 10.2. The van der Waals surface area contributed by atoms with E-state index in [1.165, 1.54) is 5.75 Å². The molecule has 16 heavy (non-hydrogen) atoms. The molecule has 0 bridgehead atoms. The lowest BCUT2D eigenvalue weighted by Gasteiger charge is -2.30. The minimum atomic E-state index is -0.269. The first-order valence-electron chi connectivity index (χ1n) is 5.46. The molecule has 2 aliphatic heterocycles. The number of hydrogen-bond donors (Lipinski definition) is 1. The Morgan fingerprint density at radius 3 is 2.94 bits per heavy atom. The molecular formula is C10H19ClN2O2S. The van der Waals surface area contributed by atoms with Gasteiger partial charge in [-0.3, -0.25) is 4.79 Å². The number of halogens is 1. The van der Waals surface area contributed by atoms with E-state index in [-0.39, 0.29) is 24.4 Å². The molecule has 0 aromatic rings. The van der Waals surface area contributed by atoms with Crippen LogP contribution in [-0.2, 0) is 9.53 Å². The number of ether oxygens (including phenoxy) is 1. The Hall–Kier alpha value is 0.0300. The number of nitrogens with one attached hydrogen (secondary N) is 1. The second kappa shape index (κ2) is 6.69. The van der Waals surface area contributed by atoms with Crippen LogP contribution in [0.4, 0.5) is 0 Å². The fourth-order valence-electron chi connectivity index (χ4n) is 1.96. The molecule has 1 N–H and O–H groups in total. The van der Waals surface area contributed by atoms with Gasteiger partial charge in [-0.25, -0.2) is 0 Å². The van der Waals surface area contributed by atoms with Crippen LogP contribution < -0.4 is 5.32 Å². The number of thioether (sulfide) groups is 1. The molecule has 2 rings (SSSR count). The number of carbonyl (C=O) groups is 1. The highest BCUT2D eigenvalue weighted by molar-refractivity contribution is 7.99. The Morgan fingerprint density at radius 1 is 1.56 bits per heavy atom. The number of amides is 1. The van der Waals surface area contributed by atoms with Crippen LogP contribution in [0.1, 0.15) is 6.42 Å². The molecule has 94 valence electrons. The zero-order valence-corrected chi connectivity index (χ0v) is 11.1. The standard InChI is InChI=1S/C10H18N2O2S.ClH/c1-12(8-2-5-15-7-8)10(13)9-6-11-3-4-14-9;/h8-9,11H,2-7H2,1H3;1H. The smallest absolute Gasteiger partial charge is 0.253 e. The Balaban J connectivity index is 0.00000128. The molecular weight excluding hydrogens is 248 g/mol. The molecule has 0 saturated carbocycles. The lowest BCUT2D eigenvalue weighted by molar-refractivity contribution is -0.145. The summed E-state index contributed by atoms with van der Waals surface area (Å²) in [6.07, 6.45) is 0.849. The third kappa shape index (κ3) is 3.26. The van der Waals surface area contributed by atoms with Gasteiger partial charge in [0.05, 0.1) is 6.61 Å². The van der Waals surface area contributed by atoms with Crippen molar-refractivity contribution >= 4 is 30.1 Å². The maximum absolute atomic E-state index is 12.0.